The van der Waals surface area contributed by atoms with Gasteiger partial charge in [0.25, 0.3) is 0 Å². The molecule has 0 saturated carbocycles. The Morgan fingerprint density at radius 2 is 1.93 bits per heavy atom. The van der Waals surface area contributed by atoms with Gasteiger partial charge in [0, 0.05) is 41.9 Å². The van der Waals surface area contributed by atoms with Gasteiger partial charge in [-0.1, -0.05) is 11.8 Å². The van der Waals surface area contributed by atoms with Crippen molar-refractivity contribution in [3.05, 3.63) is 48.3 Å². The molecule has 2 aromatic heterocycles. The van der Waals surface area contributed by atoms with Gasteiger partial charge in [0.15, 0.2) is 5.16 Å². The highest BCUT2D eigenvalue weighted by Gasteiger charge is 2.12. The molecule has 3 heterocycles. The lowest BCUT2D eigenvalue weighted by molar-refractivity contribution is 0.122. The van der Waals surface area contributed by atoms with Crippen molar-refractivity contribution in [2.45, 2.75) is 12.1 Å². The number of thioether (sulfide) groups is 1. The zero-order valence-corrected chi connectivity index (χ0v) is 16.3. The molecule has 2 N–H and O–H groups in total. The summed E-state index contributed by atoms with van der Waals surface area (Å²) in [5.41, 5.74) is 5.31. The van der Waals surface area contributed by atoms with Gasteiger partial charge in [-0.25, -0.2) is 9.97 Å². The van der Waals surface area contributed by atoms with E-state index in [0.717, 1.165) is 59.9 Å². The van der Waals surface area contributed by atoms with Gasteiger partial charge >= 0.3 is 0 Å². The molecular formula is C20H23N5OS. The average molecular weight is 382 g/mol. The number of nitrogens with one attached hydrogen (secondary N) is 2. The molecule has 4 rings (SSSR count). The number of hydrogen-bond donors (Lipinski definition) is 2. The van der Waals surface area contributed by atoms with Crippen LogP contribution in [0.25, 0.3) is 11.3 Å². The van der Waals surface area contributed by atoms with Crippen LogP contribution in [-0.4, -0.2) is 47.5 Å². The molecule has 7 heteroatoms. The summed E-state index contributed by atoms with van der Waals surface area (Å²) in [6, 6.07) is 12.5. The molecule has 27 heavy (non-hydrogen) atoms. The number of morpholine rings is 1. The molecule has 0 atom stereocenters. The Kier molecular flexibility index (Phi) is 5.31. The first-order valence-corrected chi connectivity index (χ1v) is 10.2. The summed E-state index contributed by atoms with van der Waals surface area (Å²) in [5, 5.41) is 4.31. The molecule has 1 saturated heterocycles. The lowest BCUT2D eigenvalue weighted by Crippen LogP contribution is -2.36. The topological polar surface area (TPSA) is 66.1 Å². The summed E-state index contributed by atoms with van der Waals surface area (Å²) < 4.78 is 5.42. The standard InChI is InChI=1S/C20H23N5OS/c1-14-19(24-20(22-14)27-2)15-7-8-21-18(13-15)23-16-3-5-17(6-4-16)25-9-11-26-12-10-25/h3-8,13H,9-12H2,1-2H3,(H,21,23)(H,22,24). The molecule has 0 spiro atoms. The maximum Gasteiger partial charge on any atom is 0.165 e. The number of pyridine rings is 1. The first-order chi connectivity index (χ1) is 13.2. The number of H-pyrrole nitrogens is 1. The molecule has 0 amide bonds. The highest BCUT2D eigenvalue weighted by Crippen LogP contribution is 2.27. The number of aromatic amines is 1. The fourth-order valence-electron chi connectivity index (χ4n) is 3.18. The van der Waals surface area contributed by atoms with Crippen LogP contribution >= 0.6 is 11.8 Å². The maximum atomic E-state index is 5.42. The van der Waals surface area contributed by atoms with Crippen molar-refractivity contribution in [3.8, 4) is 11.3 Å². The van der Waals surface area contributed by atoms with Crippen molar-refractivity contribution in [2.75, 3.05) is 42.8 Å². The summed E-state index contributed by atoms with van der Waals surface area (Å²) in [6.45, 7) is 5.51. The number of nitrogens with zero attached hydrogens (tertiary/aromatic N) is 3. The van der Waals surface area contributed by atoms with Gasteiger partial charge < -0.3 is 19.9 Å². The minimum Gasteiger partial charge on any atom is -0.378 e. The Balaban J connectivity index is 1.50. The smallest absolute Gasteiger partial charge is 0.165 e. The molecule has 0 aliphatic carbocycles. The average Bonchev–Trinajstić information content (AvgIpc) is 3.10. The first kappa shape index (κ1) is 17.9. The summed E-state index contributed by atoms with van der Waals surface area (Å²) in [4.78, 5) is 14.7. The zero-order chi connectivity index (χ0) is 18.6. The Morgan fingerprint density at radius 1 is 1.15 bits per heavy atom. The predicted octanol–water partition coefficient (Wildman–Crippen LogP) is 4.08. The lowest BCUT2D eigenvalue weighted by Gasteiger charge is -2.28. The summed E-state index contributed by atoms with van der Waals surface area (Å²) >= 11 is 1.61. The van der Waals surface area contributed by atoms with Crippen LogP contribution in [0, 0.1) is 6.92 Å². The Hall–Kier alpha value is -2.51. The largest absolute Gasteiger partial charge is 0.378 e. The summed E-state index contributed by atoms with van der Waals surface area (Å²) in [5.74, 6) is 0.805. The first-order valence-electron chi connectivity index (χ1n) is 9.00. The number of imidazole rings is 1. The van der Waals surface area contributed by atoms with E-state index < -0.39 is 0 Å². The number of benzene rings is 1. The van der Waals surface area contributed by atoms with Crippen molar-refractivity contribution in [1.29, 1.82) is 0 Å². The number of rotatable bonds is 5. The normalized spacial score (nSPS) is 14.4. The highest BCUT2D eigenvalue weighted by molar-refractivity contribution is 7.98. The van der Waals surface area contributed by atoms with Crippen LogP contribution < -0.4 is 10.2 Å². The van der Waals surface area contributed by atoms with Crippen molar-refractivity contribution >= 4 is 29.0 Å². The van der Waals surface area contributed by atoms with Crippen LogP contribution in [0.2, 0.25) is 0 Å². The SMILES string of the molecule is CSc1nc(-c2ccnc(Nc3ccc(N4CCOCC4)cc3)c2)c(C)[nH]1. The third-order valence-electron chi connectivity index (χ3n) is 4.61. The van der Waals surface area contributed by atoms with E-state index in [1.54, 1.807) is 11.8 Å². The van der Waals surface area contributed by atoms with Crippen LogP contribution in [0.4, 0.5) is 17.2 Å². The van der Waals surface area contributed by atoms with Crippen LogP contribution in [0.1, 0.15) is 5.69 Å². The molecule has 140 valence electrons. The molecule has 0 radical (unpaired) electrons. The van der Waals surface area contributed by atoms with Gasteiger partial charge in [-0.05, 0) is 49.6 Å². The number of anilines is 3. The third kappa shape index (κ3) is 4.09. The van der Waals surface area contributed by atoms with E-state index in [0.29, 0.717) is 0 Å². The Labute approximate surface area is 163 Å². The summed E-state index contributed by atoms with van der Waals surface area (Å²) in [6.07, 6.45) is 3.83. The molecule has 1 fully saturated rings. The van der Waals surface area contributed by atoms with Crippen molar-refractivity contribution in [3.63, 3.8) is 0 Å². The molecule has 1 aromatic carbocycles. The molecule has 0 bridgehead atoms. The van der Waals surface area contributed by atoms with E-state index in [1.807, 2.05) is 31.5 Å². The predicted molar refractivity (Wildman–Crippen MR) is 111 cm³/mol. The lowest BCUT2D eigenvalue weighted by atomic mass is 10.1. The molecule has 1 aliphatic rings. The van der Waals surface area contributed by atoms with E-state index >= 15 is 0 Å². The zero-order valence-electron chi connectivity index (χ0n) is 15.5. The van der Waals surface area contributed by atoms with Gasteiger partial charge in [0.2, 0.25) is 0 Å². The van der Waals surface area contributed by atoms with Gasteiger partial charge in [0.1, 0.15) is 5.82 Å². The van der Waals surface area contributed by atoms with Crippen LogP contribution in [0.3, 0.4) is 0 Å². The van der Waals surface area contributed by atoms with Gasteiger partial charge in [-0.3, -0.25) is 0 Å². The van der Waals surface area contributed by atoms with E-state index in [2.05, 4.69) is 49.4 Å². The van der Waals surface area contributed by atoms with Gasteiger partial charge in [0.05, 0.1) is 18.9 Å². The number of aromatic nitrogens is 3. The molecule has 0 unspecified atom stereocenters. The molecular weight excluding hydrogens is 358 g/mol. The second kappa shape index (κ2) is 8.02. The van der Waals surface area contributed by atoms with E-state index in [9.17, 15) is 0 Å². The summed E-state index contributed by atoms with van der Waals surface area (Å²) in [7, 11) is 0. The molecule has 3 aromatic rings. The molecule has 1 aliphatic heterocycles. The van der Waals surface area contributed by atoms with Crippen LogP contribution in [0.15, 0.2) is 47.8 Å². The third-order valence-corrected chi connectivity index (χ3v) is 5.19. The minimum absolute atomic E-state index is 0.793. The van der Waals surface area contributed by atoms with Crippen molar-refractivity contribution in [2.24, 2.45) is 0 Å². The van der Waals surface area contributed by atoms with Crippen LogP contribution in [-0.2, 0) is 4.74 Å². The minimum atomic E-state index is 0.793. The van der Waals surface area contributed by atoms with E-state index in [4.69, 9.17) is 4.74 Å². The number of aryl methyl sites for hydroxylation is 1. The second-order valence-corrected chi connectivity index (χ2v) is 7.22. The highest BCUT2D eigenvalue weighted by atomic mass is 32.2. The van der Waals surface area contributed by atoms with E-state index in [1.165, 1.54) is 5.69 Å². The van der Waals surface area contributed by atoms with Gasteiger partial charge in [-0.2, -0.15) is 0 Å². The van der Waals surface area contributed by atoms with Crippen molar-refractivity contribution in [1.82, 2.24) is 15.0 Å². The van der Waals surface area contributed by atoms with Crippen molar-refractivity contribution < 1.29 is 4.74 Å². The number of hydrogen-bond acceptors (Lipinski definition) is 6. The monoisotopic (exact) mass is 381 g/mol. The van der Waals surface area contributed by atoms with Crippen LogP contribution in [0.5, 0.6) is 0 Å². The fourth-order valence-corrected chi connectivity index (χ4v) is 3.62. The Bertz CT molecular complexity index is 903. The fraction of sp³-hybridized carbons (Fsp3) is 0.300. The Morgan fingerprint density at radius 3 is 2.63 bits per heavy atom. The number of ether oxygens (including phenoxy) is 1. The van der Waals surface area contributed by atoms with E-state index in [-0.39, 0.29) is 0 Å². The quantitative estimate of drug-likeness (QED) is 0.649. The van der Waals surface area contributed by atoms with Gasteiger partial charge in [-0.15, -0.1) is 0 Å². The maximum absolute atomic E-state index is 5.42. The second-order valence-electron chi connectivity index (χ2n) is 6.42. The molecule has 6 nitrogen and oxygen atoms in total.